The van der Waals surface area contributed by atoms with Crippen LogP contribution in [0.25, 0.3) is 0 Å². The number of carbonyl (C=O) groups excluding carboxylic acids is 1. The number of nitrogens with one attached hydrogen (secondary N) is 1. The average molecular weight is 459 g/mol. The van der Waals surface area contributed by atoms with Gasteiger partial charge in [-0.25, -0.2) is 0 Å². The second-order valence-electron chi connectivity index (χ2n) is 9.84. The summed E-state index contributed by atoms with van der Waals surface area (Å²) in [4.78, 5) is 26.5. The quantitative estimate of drug-likeness (QED) is 0.467. The Labute approximate surface area is 199 Å². The van der Waals surface area contributed by atoms with E-state index in [1.54, 1.807) is 0 Å². The molecule has 6 heteroatoms. The number of hydrogen-bond donors (Lipinski definition) is 2. The molecule has 3 rings (SSSR count). The van der Waals surface area contributed by atoms with Gasteiger partial charge in [0.15, 0.2) is 0 Å². The molecule has 184 valence electrons. The Hall–Kier alpha value is -2.08. The molecule has 0 aromatic heterocycles. The Morgan fingerprint density at radius 3 is 2.61 bits per heavy atom. The number of rotatable bonds is 11. The molecule has 0 radical (unpaired) electrons. The molecule has 2 aliphatic rings. The van der Waals surface area contributed by atoms with Gasteiger partial charge in [0.1, 0.15) is 5.75 Å². The molecular weight excluding hydrogens is 416 g/mol. The van der Waals surface area contributed by atoms with Gasteiger partial charge in [-0.1, -0.05) is 32.3 Å². The first-order valence-electron chi connectivity index (χ1n) is 13.0. The Kier molecular flexibility index (Phi) is 10.0. The van der Waals surface area contributed by atoms with Crippen molar-refractivity contribution >= 4 is 17.6 Å². The molecule has 1 aliphatic heterocycles. The molecule has 1 saturated heterocycles. The largest absolute Gasteiger partial charge is 0.492 e. The third-order valence-electron chi connectivity index (χ3n) is 7.36. The zero-order valence-electron chi connectivity index (χ0n) is 20.5. The Morgan fingerprint density at radius 2 is 1.91 bits per heavy atom. The van der Waals surface area contributed by atoms with Crippen molar-refractivity contribution in [1.82, 2.24) is 4.90 Å². The summed E-state index contributed by atoms with van der Waals surface area (Å²) in [6.07, 6.45) is 10.7. The van der Waals surface area contributed by atoms with E-state index in [0.717, 1.165) is 81.0 Å². The summed E-state index contributed by atoms with van der Waals surface area (Å²) < 4.78 is 5.86. The highest BCUT2D eigenvalue weighted by Gasteiger charge is 2.27. The zero-order valence-corrected chi connectivity index (χ0v) is 20.5. The first kappa shape index (κ1) is 25.5. The molecule has 0 spiro atoms. The van der Waals surface area contributed by atoms with Crippen LogP contribution in [0, 0.1) is 17.8 Å². The highest BCUT2D eigenvalue weighted by atomic mass is 16.5. The number of carbonyl (C=O) groups is 2. The lowest BCUT2D eigenvalue weighted by Crippen LogP contribution is -2.39. The highest BCUT2D eigenvalue weighted by molar-refractivity contribution is 5.94. The van der Waals surface area contributed by atoms with Gasteiger partial charge in [0, 0.05) is 19.0 Å². The van der Waals surface area contributed by atoms with E-state index in [1.165, 1.54) is 19.3 Å². The van der Waals surface area contributed by atoms with Gasteiger partial charge in [0.25, 0.3) is 0 Å². The van der Waals surface area contributed by atoms with Crippen LogP contribution in [0.4, 0.5) is 5.69 Å². The zero-order chi connectivity index (χ0) is 23.6. The number of piperidine rings is 1. The molecule has 1 saturated carbocycles. The van der Waals surface area contributed by atoms with Gasteiger partial charge in [-0.2, -0.15) is 0 Å². The van der Waals surface area contributed by atoms with Crippen LogP contribution in [0.5, 0.6) is 5.75 Å². The fourth-order valence-electron chi connectivity index (χ4n) is 5.29. The van der Waals surface area contributed by atoms with E-state index in [9.17, 15) is 14.7 Å². The van der Waals surface area contributed by atoms with Crippen molar-refractivity contribution in [3.8, 4) is 5.75 Å². The van der Waals surface area contributed by atoms with E-state index in [1.807, 2.05) is 19.1 Å². The molecule has 1 unspecified atom stereocenters. The number of ether oxygens (including phenoxy) is 1. The smallest absolute Gasteiger partial charge is 0.307 e. The summed E-state index contributed by atoms with van der Waals surface area (Å²) in [6, 6.07) is 6.04. The first-order chi connectivity index (χ1) is 16.0. The van der Waals surface area contributed by atoms with E-state index in [2.05, 4.69) is 23.2 Å². The number of anilines is 1. The SMILES string of the molecule is CCCCC1CCC(C(=O)Nc2ccc(CCN3CCCC(C(=O)O)C3)cc2OCC)CC1. The second-order valence-corrected chi connectivity index (χ2v) is 9.84. The molecule has 1 atom stereocenters. The molecule has 1 aromatic rings. The minimum Gasteiger partial charge on any atom is -0.492 e. The Bertz CT molecular complexity index is 773. The number of nitrogens with zero attached hydrogens (tertiary/aromatic N) is 1. The van der Waals surface area contributed by atoms with Crippen LogP contribution >= 0.6 is 0 Å². The summed E-state index contributed by atoms with van der Waals surface area (Å²) in [5.74, 6) is 0.786. The molecule has 2 N–H and O–H groups in total. The van der Waals surface area contributed by atoms with Crippen LogP contribution < -0.4 is 10.1 Å². The van der Waals surface area contributed by atoms with Gasteiger partial charge in [0.2, 0.25) is 5.91 Å². The fourth-order valence-corrected chi connectivity index (χ4v) is 5.29. The number of carboxylic acids is 1. The van der Waals surface area contributed by atoms with E-state index >= 15 is 0 Å². The third-order valence-corrected chi connectivity index (χ3v) is 7.36. The van der Waals surface area contributed by atoms with Gasteiger partial charge in [-0.05, 0) is 82.0 Å². The minimum absolute atomic E-state index is 0.0957. The molecule has 2 fully saturated rings. The van der Waals surface area contributed by atoms with Crippen LogP contribution in [0.1, 0.15) is 77.2 Å². The average Bonchev–Trinajstić information content (AvgIpc) is 2.83. The normalized spacial score (nSPS) is 23.8. The second kappa shape index (κ2) is 13.0. The van der Waals surface area contributed by atoms with Crippen LogP contribution in [0.2, 0.25) is 0 Å². The molecule has 1 heterocycles. The number of aliphatic carboxylic acids is 1. The number of unbranched alkanes of at least 4 members (excludes halogenated alkanes) is 1. The molecule has 6 nitrogen and oxygen atoms in total. The number of benzene rings is 1. The number of carboxylic acid groups (broad SMARTS) is 1. The molecular formula is C27H42N2O4. The van der Waals surface area contributed by atoms with Crippen molar-refractivity contribution in [2.45, 2.75) is 78.1 Å². The fraction of sp³-hybridized carbons (Fsp3) is 0.704. The minimum atomic E-state index is -0.687. The predicted molar refractivity (Wildman–Crippen MR) is 132 cm³/mol. The van der Waals surface area contributed by atoms with Crippen LogP contribution in [0.3, 0.4) is 0 Å². The lowest BCUT2D eigenvalue weighted by molar-refractivity contribution is -0.143. The molecule has 0 bridgehead atoms. The number of amides is 1. The van der Waals surface area contributed by atoms with E-state index in [-0.39, 0.29) is 17.7 Å². The molecule has 33 heavy (non-hydrogen) atoms. The van der Waals surface area contributed by atoms with E-state index in [4.69, 9.17) is 4.74 Å². The topological polar surface area (TPSA) is 78.9 Å². The molecule has 1 aliphatic carbocycles. The number of likely N-dealkylation sites (tertiary alicyclic amines) is 1. The van der Waals surface area contributed by atoms with E-state index < -0.39 is 5.97 Å². The predicted octanol–water partition coefficient (Wildman–Crippen LogP) is 5.36. The summed E-state index contributed by atoms with van der Waals surface area (Å²) in [6.45, 7) is 7.15. The van der Waals surface area contributed by atoms with Gasteiger partial charge in [-0.15, -0.1) is 0 Å². The van der Waals surface area contributed by atoms with Crippen molar-refractivity contribution in [2.24, 2.45) is 17.8 Å². The van der Waals surface area contributed by atoms with Crippen LogP contribution in [-0.2, 0) is 16.0 Å². The standard InChI is InChI=1S/C27H42N2O4/c1-3-5-7-20-9-12-22(13-10-20)26(30)28-24-14-11-21(18-25(24)33-4-2)15-17-29-16-6-8-23(19-29)27(31)32/h11,14,18,20,22-23H,3-10,12-13,15-17,19H2,1-2H3,(H,28,30)(H,31,32). The first-order valence-corrected chi connectivity index (χ1v) is 13.0. The van der Waals surface area contributed by atoms with Gasteiger partial charge in [0.05, 0.1) is 18.2 Å². The molecule has 1 amide bonds. The highest BCUT2D eigenvalue weighted by Crippen LogP contribution is 2.34. The van der Waals surface area contributed by atoms with Crippen LogP contribution in [0.15, 0.2) is 18.2 Å². The third kappa shape index (κ3) is 7.73. The van der Waals surface area contributed by atoms with Crippen molar-refractivity contribution < 1.29 is 19.4 Å². The Morgan fingerprint density at radius 1 is 1.12 bits per heavy atom. The summed E-state index contributed by atoms with van der Waals surface area (Å²) in [5, 5.41) is 12.4. The Balaban J connectivity index is 1.54. The summed E-state index contributed by atoms with van der Waals surface area (Å²) in [5.41, 5.74) is 1.90. The van der Waals surface area contributed by atoms with Crippen molar-refractivity contribution in [1.29, 1.82) is 0 Å². The lowest BCUT2D eigenvalue weighted by Gasteiger charge is -2.30. The lowest BCUT2D eigenvalue weighted by atomic mass is 9.79. The van der Waals surface area contributed by atoms with Crippen molar-refractivity contribution in [3.63, 3.8) is 0 Å². The summed E-state index contributed by atoms with van der Waals surface area (Å²) in [7, 11) is 0. The van der Waals surface area contributed by atoms with E-state index in [0.29, 0.717) is 13.2 Å². The maximum atomic E-state index is 12.9. The van der Waals surface area contributed by atoms with Gasteiger partial charge in [-0.3, -0.25) is 9.59 Å². The monoisotopic (exact) mass is 458 g/mol. The molecule has 1 aromatic carbocycles. The number of hydrogen-bond acceptors (Lipinski definition) is 4. The van der Waals surface area contributed by atoms with Gasteiger partial charge >= 0.3 is 5.97 Å². The van der Waals surface area contributed by atoms with Crippen LogP contribution in [-0.4, -0.2) is 48.1 Å². The van der Waals surface area contributed by atoms with Gasteiger partial charge < -0.3 is 20.1 Å². The van der Waals surface area contributed by atoms with Crippen molar-refractivity contribution in [2.75, 3.05) is 31.6 Å². The summed E-state index contributed by atoms with van der Waals surface area (Å²) >= 11 is 0. The van der Waals surface area contributed by atoms with Crippen molar-refractivity contribution in [3.05, 3.63) is 23.8 Å². The maximum Gasteiger partial charge on any atom is 0.307 e. The maximum absolute atomic E-state index is 12.9.